The van der Waals surface area contributed by atoms with E-state index < -0.39 is 4.92 Å². The molecule has 0 atom stereocenters. The lowest BCUT2D eigenvalue weighted by molar-refractivity contribution is -0.402. The second kappa shape index (κ2) is 5.00. The molecule has 0 saturated carbocycles. The summed E-state index contributed by atoms with van der Waals surface area (Å²) < 4.78 is 4.97. The number of furan rings is 1. The summed E-state index contributed by atoms with van der Waals surface area (Å²) in [5.74, 6) is 0.328. The van der Waals surface area contributed by atoms with E-state index in [2.05, 4.69) is 15.0 Å². The number of nitro groups is 1. The van der Waals surface area contributed by atoms with Gasteiger partial charge >= 0.3 is 5.88 Å². The van der Waals surface area contributed by atoms with Crippen molar-refractivity contribution in [3.63, 3.8) is 0 Å². The van der Waals surface area contributed by atoms with E-state index in [-0.39, 0.29) is 11.3 Å². The number of pyridine rings is 1. The number of hydrogen-bond acceptors (Lipinski definition) is 6. The third-order valence-electron chi connectivity index (χ3n) is 2.72. The van der Waals surface area contributed by atoms with Crippen LogP contribution in [0.5, 0.6) is 0 Å². The second-order valence-electron chi connectivity index (χ2n) is 4.10. The van der Waals surface area contributed by atoms with Crippen LogP contribution in [0.3, 0.4) is 0 Å². The molecule has 0 spiro atoms. The highest BCUT2D eigenvalue weighted by molar-refractivity contribution is 5.75. The van der Waals surface area contributed by atoms with Gasteiger partial charge in [0.05, 0.1) is 11.5 Å². The average Bonchev–Trinajstić information content (AvgIpc) is 2.94. The SMILES string of the molecule is O=c1cc[nH]c2nc(C=Cc3ccc([N+](=O)[O-])o3)ncc12. The number of rotatable bonds is 3. The topological polar surface area (TPSA) is 115 Å². The first-order valence-electron chi connectivity index (χ1n) is 5.90. The summed E-state index contributed by atoms with van der Waals surface area (Å²) >= 11 is 0. The first-order chi connectivity index (χ1) is 10.1. The molecule has 0 unspecified atom stereocenters. The summed E-state index contributed by atoms with van der Waals surface area (Å²) in [5, 5.41) is 10.9. The minimum Gasteiger partial charge on any atom is -0.401 e. The zero-order chi connectivity index (χ0) is 14.8. The minimum atomic E-state index is -0.616. The van der Waals surface area contributed by atoms with E-state index in [4.69, 9.17) is 4.42 Å². The lowest BCUT2D eigenvalue weighted by Gasteiger charge is -1.96. The Bertz CT molecular complexity index is 910. The van der Waals surface area contributed by atoms with Gasteiger partial charge in [-0.1, -0.05) is 0 Å². The third kappa shape index (κ3) is 2.54. The van der Waals surface area contributed by atoms with Gasteiger partial charge in [-0.05, 0) is 18.2 Å². The average molecular weight is 284 g/mol. The van der Waals surface area contributed by atoms with Crippen LogP contribution in [0.1, 0.15) is 11.6 Å². The molecule has 0 aliphatic rings. The number of fused-ring (bicyclic) bond motifs is 1. The maximum absolute atomic E-state index is 11.5. The van der Waals surface area contributed by atoms with Gasteiger partial charge in [-0.25, -0.2) is 9.97 Å². The molecule has 0 bridgehead atoms. The Hall–Kier alpha value is -3.29. The fourth-order valence-corrected chi connectivity index (χ4v) is 1.74. The van der Waals surface area contributed by atoms with Gasteiger partial charge in [0, 0.05) is 18.5 Å². The largest absolute Gasteiger partial charge is 0.433 e. The Labute approximate surface area is 116 Å². The van der Waals surface area contributed by atoms with Crippen LogP contribution in [0, 0.1) is 10.1 Å². The van der Waals surface area contributed by atoms with Crippen LogP contribution in [0.15, 0.2) is 39.8 Å². The first-order valence-corrected chi connectivity index (χ1v) is 5.90. The fraction of sp³-hybridized carbons (Fsp3) is 0. The summed E-state index contributed by atoms with van der Waals surface area (Å²) in [6, 6.07) is 4.12. The van der Waals surface area contributed by atoms with Crippen molar-refractivity contribution >= 4 is 29.1 Å². The number of nitrogens with zero attached hydrogens (tertiary/aromatic N) is 3. The smallest absolute Gasteiger partial charge is 0.401 e. The van der Waals surface area contributed by atoms with Gasteiger partial charge in [-0.3, -0.25) is 14.9 Å². The molecule has 1 N–H and O–H groups in total. The standard InChI is InChI=1S/C13H8N4O4/c18-10-5-6-14-13-9(10)7-15-11(16-13)3-1-8-2-4-12(21-8)17(19)20/h1-7H,(H,14,15,16,18). The van der Waals surface area contributed by atoms with E-state index in [0.717, 1.165) is 0 Å². The van der Waals surface area contributed by atoms with Crippen LogP contribution in [0.25, 0.3) is 23.2 Å². The number of hydrogen-bond donors (Lipinski definition) is 1. The molecular weight excluding hydrogens is 276 g/mol. The molecule has 0 aliphatic carbocycles. The van der Waals surface area contributed by atoms with Gasteiger partial charge < -0.3 is 9.40 Å². The summed E-state index contributed by atoms with van der Waals surface area (Å²) in [6.07, 6.45) is 5.97. The predicted octanol–water partition coefficient (Wildman–Crippen LogP) is 1.99. The van der Waals surface area contributed by atoms with Crippen molar-refractivity contribution < 1.29 is 9.34 Å². The van der Waals surface area contributed by atoms with Gasteiger partial charge in [-0.2, -0.15) is 0 Å². The quantitative estimate of drug-likeness (QED) is 0.581. The highest BCUT2D eigenvalue weighted by atomic mass is 16.6. The highest BCUT2D eigenvalue weighted by Gasteiger charge is 2.09. The molecule has 3 aromatic rings. The molecule has 8 heteroatoms. The van der Waals surface area contributed by atoms with Crippen LogP contribution in [0.4, 0.5) is 5.88 Å². The molecule has 3 heterocycles. The van der Waals surface area contributed by atoms with Crippen molar-refractivity contribution in [2.75, 3.05) is 0 Å². The number of aromatic nitrogens is 3. The van der Waals surface area contributed by atoms with Crippen LogP contribution in [-0.4, -0.2) is 19.9 Å². The molecule has 0 aromatic carbocycles. The van der Waals surface area contributed by atoms with Crippen LogP contribution < -0.4 is 5.43 Å². The van der Waals surface area contributed by atoms with Crippen LogP contribution >= 0.6 is 0 Å². The summed E-state index contributed by atoms with van der Waals surface area (Å²) in [4.78, 5) is 32.5. The molecule has 0 aliphatic heterocycles. The van der Waals surface area contributed by atoms with E-state index in [1.807, 2.05) is 0 Å². The Kier molecular flexibility index (Phi) is 3.03. The lowest BCUT2D eigenvalue weighted by Crippen LogP contribution is -2.03. The molecule has 0 radical (unpaired) electrons. The number of H-pyrrole nitrogens is 1. The molecule has 3 aromatic heterocycles. The Balaban J connectivity index is 1.92. The van der Waals surface area contributed by atoms with E-state index in [0.29, 0.717) is 22.6 Å². The lowest BCUT2D eigenvalue weighted by atomic mass is 10.3. The van der Waals surface area contributed by atoms with Crippen LogP contribution in [-0.2, 0) is 0 Å². The zero-order valence-electron chi connectivity index (χ0n) is 10.5. The summed E-state index contributed by atoms with van der Waals surface area (Å²) in [5.41, 5.74) is 0.253. The Morgan fingerprint density at radius 1 is 1.29 bits per heavy atom. The summed E-state index contributed by atoms with van der Waals surface area (Å²) in [7, 11) is 0. The third-order valence-corrected chi connectivity index (χ3v) is 2.72. The van der Waals surface area contributed by atoms with Crippen molar-refractivity contribution in [3.05, 3.63) is 62.5 Å². The van der Waals surface area contributed by atoms with E-state index >= 15 is 0 Å². The summed E-state index contributed by atoms with van der Waals surface area (Å²) in [6.45, 7) is 0. The van der Waals surface area contributed by atoms with Crippen molar-refractivity contribution in [3.8, 4) is 0 Å². The predicted molar refractivity (Wildman–Crippen MR) is 74.4 cm³/mol. The van der Waals surface area contributed by atoms with Crippen molar-refractivity contribution in [1.82, 2.24) is 15.0 Å². The normalized spacial score (nSPS) is 11.2. The molecule has 0 saturated heterocycles. The van der Waals surface area contributed by atoms with E-state index in [1.54, 1.807) is 0 Å². The Morgan fingerprint density at radius 2 is 2.14 bits per heavy atom. The second-order valence-corrected chi connectivity index (χ2v) is 4.10. The van der Waals surface area contributed by atoms with Gasteiger partial charge in [0.25, 0.3) is 0 Å². The molecule has 8 nitrogen and oxygen atoms in total. The number of aromatic amines is 1. The molecule has 0 fully saturated rings. The molecular formula is C13H8N4O4. The highest BCUT2D eigenvalue weighted by Crippen LogP contribution is 2.17. The van der Waals surface area contributed by atoms with E-state index in [9.17, 15) is 14.9 Å². The maximum atomic E-state index is 11.5. The van der Waals surface area contributed by atoms with Crippen molar-refractivity contribution in [2.45, 2.75) is 0 Å². The Morgan fingerprint density at radius 3 is 2.90 bits per heavy atom. The van der Waals surface area contributed by atoms with Crippen molar-refractivity contribution in [1.29, 1.82) is 0 Å². The van der Waals surface area contributed by atoms with Crippen molar-refractivity contribution in [2.24, 2.45) is 0 Å². The van der Waals surface area contributed by atoms with Gasteiger partial charge in [0.15, 0.2) is 11.3 Å². The number of nitrogens with one attached hydrogen (secondary N) is 1. The van der Waals surface area contributed by atoms with Gasteiger partial charge in [0.1, 0.15) is 16.3 Å². The first kappa shape index (κ1) is 12.7. The minimum absolute atomic E-state index is 0.166. The molecule has 104 valence electrons. The van der Waals surface area contributed by atoms with E-state index in [1.165, 1.54) is 42.7 Å². The molecule has 21 heavy (non-hydrogen) atoms. The molecule has 0 amide bonds. The van der Waals surface area contributed by atoms with Gasteiger partial charge in [0.2, 0.25) is 0 Å². The molecule has 3 rings (SSSR count). The van der Waals surface area contributed by atoms with Gasteiger partial charge in [-0.15, -0.1) is 0 Å². The maximum Gasteiger partial charge on any atom is 0.433 e. The van der Waals surface area contributed by atoms with Crippen LogP contribution in [0.2, 0.25) is 0 Å². The zero-order valence-corrected chi connectivity index (χ0v) is 10.5. The fourth-order valence-electron chi connectivity index (χ4n) is 1.74. The monoisotopic (exact) mass is 284 g/mol.